The zero-order valence-electron chi connectivity index (χ0n) is 15.0. The standard InChI is InChI=1S/C20H19N5O2/c1-13(26)15-4-3-5-18(10-15)25-20-11-19(21-12-22-20)24-17-8-6-16(7-9-17)23-14(2)27/h3-12H,1-2H3,(H,23,27)(H2,21,22,24,25). The molecule has 0 aliphatic carbocycles. The Morgan fingerprint density at radius 3 is 2.04 bits per heavy atom. The Kier molecular flexibility index (Phi) is 5.41. The molecule has 27 heavy (non-hydrogen) atoms. The molecule has 7 nitrogen and oxygen atoms in total. The van der Waals surface area contributed by atoms with E-state index in [4.69, 9.17) is 0 Å². The highest BCUT2D eigenvalue weighted by Gasteiger charge is 2.04. The number of ketones is 1. The monoisotopic (exact) mass is 361 g/mol. The third-order valence-corrected chi connectivity index (χ3v) is 3.69. The lowest BCUT2D eigenvalue weighted by atomic mass is 10.1. The van der Waals surface area contributed by atoms with Gasteiger partial charge in [-0.15, -0.1) is 0 Å². The van der Waals surface area contributed by atoms with E-state index in [1.165, 1.54) is 20.2 Å². The maximum absolute atomic E-state index is 11.5. The minimum atomic E-state index is -0.115. The van der Waals surface area contributed by atoms with E-state index in [1.807, 2.05) is 24.3 Å². The summed E-state index contributed by atoms with van der Waals surface area (Å²) in [7, 11) is 0. The first-order valence-electron chi connectivity index (χ1n) is 8.34. The molecule has 2 aromatic carbocycles. The number of nitrogens with zero attached hydrogens (tertiary/aromatic N) is 2. The molecule has 0 spiro atoms. The third kappa shape index (κ3) is 5.12. The number of carbonyl (C=O) groups is 2. The zero-order chi connectivity index (χ0) is 19.2. The summed E-state index contributed by atoms with van der Waals surface area (Å²) < 4.78 is 0. The summed E-state index contributed by atoms with van der Waals surface area (Å²) in [5, 5.41) is 9.07. The molecule has 1 amide bonds. The number of Topliss-reactive ketones (excluding diaryl/α,β-unsaturated/α-hetero) is 1. The van der Waals surface area contributed by atoms with Gasteiger partial charge in [0, 0.05) is 35.6 Å². The smallest absolute Gasteiger partial charge is 0.221 e. The quantitative estimate of drug-likeness (QED) is 0.572. The van der Waals surface area contributed by atoms with Crippen molar-refractivity contribution in [1.29, 1.82) is 0 Å². The van der Waals surface area contributed by atoms with Gasteiger partial charge < -0.3 is 16.0 Å². The highest BCUT2D eigenvalue weighted by atomic mass is 16.1. The molecule has 3 rings (SSSR count). The Hall–Kier alpha value is -3.74. The van der Waals surface area contributed by atoms with Crippen LogP contribution in [0.4, 0.5) is 28.7 Å². The van der Waals surface area contributed by atoms with E-state index in [0.29, 0.717) is 17.2 Å². The van der Waals surface area contributed by atoms with Gasteiger partial charge in [0.25, 0.3) is 0 Å². The van der Waals surface area contributed by atoms with Crippen molar-refractivity contribution in [2.24, 2.45) is 0 Å². The number of aromatic nitrogens is 2. The van der Waals surface area contributed by atoms with Gasteiger partial charge in [-0.1, -0.05) is 12.1 Å². The number of carbonyl (C=O) groups excluding carboxylic acids is 2. The molecule has 0 atom stereocenters. The highest BCUT2D eigenvalue weighted by molar-refractivity contribution is 5.95. The van der Waals surface area contributed by atoms with Crippen LogP contribution >= 0.6 is 0 Å². The van der Waals surface area contributed by atoms with Gasteiger partial charge >= 0.3 is 0 Å². The minimum Gasteiger partial charge on any atom is -0.340 e. The van der Waals surface area contributed by atoms with E-state index in [0.717, 1.165) is 17.1 Å². The summed E-state index contributed by atoms with van der Waals surface area (Å²) >= 11 is 0. The van der Waals surface area contributed by atoms with Gasteiger partial charge in [0.15, 0.2) is 5.78 Å². The average Bonchev–Trinajstić information content (AvgIpc) is 2.63. The molecular formula is C20H19N5O2. The van der Waals surface area contributed by atoms with E-state index < -0.39 is 0 Å². The summed E-state index contributed by atoms with van der Waals surface area (Å²) in [5.41, 5.74) is 2.95. The summed E-state index contributed by atoms with van der Waals surface area (Å²) in [5.74, 6) is 1.10. The van der Waals surface area contributed by atoms with Crippen LogP contribution in [-0.4, -0.2) is 21.7 Å². The van der Waals surface area contributed by atoms with Gasteiger partial charge in [0.2, 0.25) is 5.91 Å². The molecule has 0 fully saturated rings. The molecule has 0 saturated heterocycles. The lowest BCUT2D eigenvalue weighted by Gasteiger charge is -2.10. The number of amides is 1. The number of hydrogen-bond donors (Lipinski definition) is 3. The van der Waals surface area contributed by atoms with Crippen molar-refractivity contribution in [2.45, 2.75) is 13.8 Å². The maximum Gasteiger partial charge on any atom is 0.221 e. The number of hydrogen-bond acceptors (Lipinski definition) is 6. The van der Waals surface area contributed by atoms with E-state index >= 15 is 0 Å². The van der Waals surface area contributed by atoms with Crippen LogP contribution in [0, 0.1) is 0 Å². The van der Waals surface area contributed by atoms with Crippen molar-refractivity contribution >= 4 is 40.4 Å². The number of anilines is 5. The molecule has 3 N–H and O–H groups in total. The van der Waals surface area contributed by atoms with Crippen molar-refractivity contribution in [3.05, 3.63) is 66.5 Å². The fraction of sp³-hybridized carbons (Fsp3) is 0.100. The van der Waals surface area contributed by atoms with Crippen LogP contribution in [0.25, 0.3) is 0 Å². The van der Waals surface area contributed by atoms with Crippen LogP contribution in [0.1, 0.15) is 24.2 Å². The second-order valence-corrected chi connectivity index (χ2v) is 5.93. The van der Waals surface area contributed by atoms with Gasteiger partial charge in [0.1, 0.15) is 18.0 Å². The van der Waals surface area contributed by atoms with Gasteiger partial charge in [-0.25, -0.2) is 9.97 Å². The lowest BCUT2D eigenvalue weighted by Crippen LogP contribution is -2.05. The predicted octanol–water partition coefficient (Wildman–Crippen LogP) is 4.12. The summed E-state index contributed by atoms with van der Waals surface area (Å²) in [6.45, 7) is 3.00. The van der Waals surface area contributed by atoms with Crippen LogP contribution < -0.4 is 16.0 Å². The Balaban J connectivity index is 1.71. The van der Waals surface area contributed by atoms with E-state index in [9.17, 15) is 9.59 Å². The maximum atomic E-state index is 11.5. The minimum absolute atomic E-state index is 0.00593. The summed E-state index contributed by atoms with van der Waals surface area (Å²) in [4.78, 5) is 31.0. The molecule has 0 radical (unpaired) electrons. The largest absolute Gasteiger partial charge is 0.340 e. The SMILES string of the molecule is CC(=O)Nc1ccc(Nc2cc(Nc3cccc(C(C)=O)c3)ncn2)cc1. The Morgan fingerprint density at radius 2 is 1.41 bits per heavy atom. The highest BCUT2D eigenvalue weighted by Crippen LogP contribution is 2.21. The number of nitrogens with one attached hydrogen (secondary N) is 3. The van der Waals surface area contributed by atoms with Crippen molar-refractivity contribution < 1.29 is 9.59 Å². The van der Waals surface area contributed by atoms with Crippen LogP contribution in [0.2, 0.25) is 0 Å². The first-order valence-corrected chi connectivity index (χ1v) is 8.34. The van der Waals surface area contributed by atoms with Crippen molar-refractivity contribution in [2.75, 3.05) is 16.0 Å². The molecule has 0 saturated carbocycles. The third-order valence-electron chi connectivity index (χ3n) is 3.69. The second-order valence-electron chi connectivity index (χ2n) is 5.93. The van der Waals surface area contributed by atoms with Crippen LogP contribution in [0.5, 0.6) is 0 Å². The lowest BCUT2D eigenvalue weighted by molar-refractivity contribution is -0.114. The van der Waals surface area contributed by atoms with E-state index in [2.05, 4.69) is 25.9 Å². The Morgan fingerprint density at radius 1 is 0.778 bits per heavy atom. The number of rotatable bonds is 6. The molecule has 136 valence electrons. The normalized spacial score (nSPS) is 10.1. The van der Waals surface area contributed by atoms with Crippen LogP contribution in [0.3, 0.4) is 0 Å². The predicted molar refractivity (Wildman–Crippen MR) is 106 cm³/mol. The molecule has 0 aliphatic rings. The Bertz CT molecular complexity index is 970. The van der Waals surface area contributed by atoms with Crippen LogP contribution in [0.15, 0.2) is 60.9 Å². The van der Waals surface area contributed by atoms with Gasteiger partial charge in [-0.3, -0.25) is 9.59 Å². The topological polar surface area (TPSA) is 96.0 Å². The van der Waals surface area contributed by atoms with Gasteiger partial charge in [0.05, 0.1) is 0 Å². The van der Waals surface area contributed by atoms with E-state index in [-0.39, 0.29) is 11.7 Å². The van der Waals surface area contributed by atoms with Crippen molar-refractivity contribution in [1.82, 2.24) is 9.97 Å². The average molecular weight is 361 g/mol. The second kappa shape index (κ2) is 8.09. The Labute approximate surface area is 156 Å². The molecular weight excluding hydrogens is 342 g/mol. The summed E-state index contributed by atoms with van der Waals surface area (Å²) in [6.07, 6.45) is 1.45. The van der Waals surface area contributed by atoms with Crippen LogP contribution in [-0.2, 0) is 4.79 Å². The molecule has 1 aromatic heterocycles. The molecule has 1 heterocycles. The van der Waals surface area contributed by atoms with Gasteiger partial charge in [-0.05, 0) is 43.3 Å². The van der Waals surface area contributed by atoms with E-state index in [1.54, 1.807) is 30.3 Å². The molecule has 0 bridgehead atoms. The fourth-order valence-electron chi connectivity index (χ4n) is 2.45. The molecule has 0 aliphatic heterocycles. The first kappa shape index (κ1) is 18.1. The molecule has 7 heteroatoms. The van der Waals surface area contributed by atoms with Gasteiger partial charge in [-0.2, -0.15) is 0 Å². The molecule has 3 aromatic rings. The molecule has 0 unspecified atom stereocenters. The fourth-order valence-corrected chi connectivity index (χ4v) is 2.45. The first-order chi connectivity index (χ1) is 13.0. The number of benzene rings is 2. The van der Waals surface area contributed by atoms with Crippen molar-refractivity contribution in [3.63, 3.8) is 0 Å². The summed E-state index contributed by atoms with van der Waals surface area (Å²) in [6, 6.07) is 16.3. The zero-order valence-corrected chi connectivity index (χ0v) is 15.0. The van der Waals surface area contributed by atoms with Crippen molar-refractivity contribution in [3.8, 4) is 0 Å².